The van der Waals surface area contributed by atoms with Crippen LogP contribution in [0.2, 0.25) is 0 Å². The molecule has 1 aliphatic carbocycles. The standard InChI is InChI=1S/C33H31F4N9O4S/c1-15-12-32(7-9-44(10-8-32)30(50)24-26(48)16(2)38-14-39-24)23-25(15)45(13-22(47)41-21-6-5-19(11-20(21)34)33(35,36)37)31-42-28(43-46(31)29(23)49)27-17(3)40-18(4)51-27/h5-6,11,14-15,48H,7-10,12-13H2,1-4H3,(H,41,47). The number of aryl methyl sites for hydroxylation is 3. The van der Waals surface area contributed by atoms with Crippen molar-refractivity contribution in [1.82, 2.24) is 39.0 Å². The number of hydrogen-bond donors (Lipinski definition) is 2. The van der Waals surface area contributed by atoms with E-state index in [0.717, 1.165) is 15.6 Å². The Morgan fingerprint density at radius 1 is 1.10 bits per heavy atom. The number of amides is 2. The average Bonchev–Trinajstić information content (AvgIpc) is 3.74. The number of fused-ring (bicyclic) bond motifs is 3. The van der Waals surface area contributed by atoms with Crippen LogP contribution in [0.25, 0.3) is 16.5 Å². The van der Waals surface area contributed by atoms with E-state index in [0.29, 0.717) is 53.2 Å². The van der Waals surface area contributed by atoms with Crippen molar-refractivity contribution < 1.29 is 32.3 Å². The molecule has 18 heteroatoms. The number of aromatic hydroxyl groups is 1. The molecule has 13 nitrogen and oxygen atoms in total. The molecule has 4 aromatic heterocycles. The smallest absolute Gasteiger partial charge is 0.416 e. The molecule has 0 bridgehead atoms. The minimum atomic E-state index is -4.77. The van der Waals surface area contributed by atoms with Crippen LogP contribution in [-0.4, -0.2) is 69.0 Å². The molecule has 266 valence electrons. The van der Waals surface area contributed by atoms with Crippen LogP contribution < -0.4 is 10.9 Å². The summed E-state index contributed by atoms with van der Waals surface area (Å²) in [4.78, 5) is 60.6. The van der Waals surface area contributed by atoms with Gasteiger partial charge in [-0.1, -0.05) is 6.92 Å². The molecule has 5 aromatic rings. The molecule has 2 amide bonds. The highest BCUT2D eigenvalue weighted by Gasteiger charge is 2.49. The summed E-state index contributed by atoms with van der Waals surface area (Å²) in [6.07, 6.45) is -2.27. The third kappa shape index (κ3) is 5.80. The van der Waals surface area contributed by atoms with E-state index >= 15 is 0 Å². The zero-order valence-electron chi connectivity index (χ0n) is 27.8. The van der Waals surface area contributed by atoms with Crippen molar-refractivity contribution >= 4 is 34.6 Å². The molecule has 2 N–H and O–H groups in total. The van der Waals surface area contributed by atoms with Crippen molar-refractivity contribution in [3.8, 4) is 16.5 Å². The lowest BCUT2D eigenvalue weighted by atomic mass is 9.73. The molecule has 1 aliphatic heterocycles. The number of carbonyl (C=O) groups is 2. The first-order chi connectivity index (χ1) is 24.1. The second-order valence-electron chi connectivity index (χ2n) is 13.0. The van der Waals surface area contributed by atoms with Crippen LogP contribution in [0, 0.1) is 26.6 Å². The first-order valence-electron chi connectivity index (χ1n) is 16.0. The number of piperidine rings is 1. The second-order valence-corrected chi connectivity index (χ2v) is 14.2. The Morgan fingerprint density at radius 2 is 1.82 bits per heavy atom. The normalized spacial score (nSPS) is 16.9. The van der Waals surface area contributed by atoms with Crippen LogP contribution in [0.5, 0.6) is 5.75 Å². The number of halogens is 4. The van der Waals surface area contributed by atoms with Gasteiger partial charge in [0.05, 0.1) is 32.5 Å². The summed E-state index contributed by atoms with van der Waals surface area (Å²) >= 11 is 1.34. The van der Waals surface area contributed by atoms with Crippen molar-refractivity contribution in [3.05, 3.63) is 79.6 Å². The Labute approximate surface area is 291 Å². The molecule has 1 unspecified atom stereocenters. The lowest BCUT2D eigenvalue weighted by Gasteiger charge is -2.39. The van der Waals surface area contributed by atoms with E-state index in [1.807, 2.05) is 13.8 Å². The highest BCUT2D eigenvalue weighted by molar-refractivity contribution is 7.15. The van der Waals surface area contributed by atoms with Gasteiger partial charge in [-0.2, -0.15) is 22.7 Å². The lowest BCUT2D eigenvalue weighted by molar-refractivity contribution is -0.137. The van der Waals surface area contributed by atoms with E-state index in [1.165, 1.54) is 17.7 Å². The number of alkyl halides is 3. The first-order valence-corrected chi connectivity index (χ1v) is 16.8. The maximum Gasteiger partial charge on any atom is 0.416 e. The number of nitrogens with one attached hydrogen (secondary N) is 1. The van der Waals surface area contributed by atoms with Gasteiger partial charge in [-0.05, 0) is 64.2 Å². The Morgan fingerprint density at radius 3 is 2.47 bits per heavy atom. The average molecular weight is 726 g/mol. The third-order valence-electron chi connectivity index (χ3n) is 9.67. The van der Waals surface area contributed by atoms with Gasteiger partial charge in [0.25, 0.3) is 11.5 Å². The number of anilines is 1. The number of carbonyl (C=O) groups excluding carboxylic acids is 2. The summed E-state index contributed by atoms with van der Waals surface area (Å²) in [6, 6.07) is 1.83. The Balaban J connectivity index is 1.28. The summed E-state index contributed by atoms with van der Waals surface area (Å²) < 4.78 is 56.8. The van der Waals surface area contributed by atoms with E-state index in [1.54, 1.807) is 23.3 Å². The molecular weight excluding hydrogens is 694 g/mol. The van der Waals surface area contributed by atoms with Crippen molar-refractivity contribution in [3.63, 3.8) is 0 Å². The zero-order chi connectivity index (χ0) is 36.6. The van der Waals surface area contributed by atoms with Crippen LogP contribution >= 0.6 is 11.3 Å². The SMILES string of the molecule is Cc1nc(C)c(-c2nc3n(CC(=O)Nc4ccc(C(F)(F)F)cc4F)c4c(c(=O)n3n2)C2(CCN(C(=O)c3ncnc(C)c3O)CC2)CC4C)s1. The van der Waals surface area contributed by atoms with Gasteiger partial charge < -0.3 is 19.9 Å². The highest BCUT2D eigenvalue weighted by Crippen LogP contribution is 2.50. The highest BCUT2D eigenvalue weighted by atomic mass is 32.1. The van der Waals surface area contributed by atoms with Gasteiger partial charge in [0.2, 0.25) is 11.7 Å². The molecule has 1 atom stereocenters. The number of rotatable bonds is 5. The van der Waals surface area contributed by atoms with Crippen molar-refractivity contribution in [2.75, 3.05) is 18.4 Å². The molecule has 51 heavy (non-hydrogen) atoms. The molecule has 0 saturated carbocycles. The van der Waals surface area contributed by atoms with Crippen LogP contribution in [0.1, 0.15) is 75.8 Å². The minimum absolute atomic E-state index is 0.0633. The minimum Gasteiger partial charge on any atom is -0.504 e. The predicted octanol–water partition coefficient (Wildman–Crippen LogP) is 4.91. The Bertz CT molecular complexity index is 2310. The maximum absolute atomic E-state index is 14.7. The maximum atomic E-state index is 14.7. The van der Waals surface area contributed by atoms with Gasteiger partial charge in [-0.15, -0.1) is 16.4 Å². The van der Waals surface area contributed by atoms with Crippen LogP contribution in [0.15, 0.2) is 29.3 Å². The molecule has 7 rings (SSSR count). The number of aromatic nitrogens is 7. The van der Waals surface area contributed by atoms with Gasteiger partial charge in [-0.25, -0.2) is 19.3 Å². The second kappa shape index (κ2) is 12.2. The largest absolute Gasteiger partial charge is 0.504 e. The van der Waals surface area contributed by atoms with E-state index in [-0.39, 0.29) is 47.7 Å². The number of hydrogen-bond acceptors (Lipinski definition) is 10. The zero-order valence-corrected chi connectivity index (χ0v) is 28.6. The predicted molar refractivity (Wildman–Crippen MR) is 176 cm³/mol. The van der Waals surface area contributed by atoms with Crippen LogP contribution in [0.4, 0.5) is 23.2 Å². The monoisotopic (exact) mass is 725 g/mol. The van der Waals surface area contributed by atoms with E-state index in [2.05, 4.69) is 30.4 Å². The first kappa shape index (κ1) is 34.2. The topological polar surface area (TPSA) is 160 Å². The van der Waals surface area contributed by atoms with Crippen LogP contribution in [0.3, 0.4) is 0 Å². The summed E-state index contributed by atoms with van der Waals surface area (Å²) in [5, 5.41) is 18.1. The van der Waals surface area contributed by atoms with Gasteiger partial charge in [0.1, 0.15) is 18.7 Å². The van der Waals surface area contributed by atoms with Gasteiger partial charge in [-0.3, -0.25) is 14.4 Å². The molecule has 0 radical (unpaired) electrons. The fourth-order valence-corrected chi connectivity index (χ4v) is 8.20. The number of thiazole rings is 1. The van der Waals surface area contributed by atoms with E-state index in [9.17, 15) is 37.1 Å². The van der Waals surface area contributed by atoms with Gasteiger partial charge in [0.15, 0.2) is 17.3 Å². The molecule has 1 aromatic carbocycles. The summed E-state index contributed by atoms with van der Waals surface area (Å²) in [5.41, 5.74) is -0.981. The molecule has 1 spiro atoms. The fraction of sp³-hybridized carbons (Fsp3) is 0.394. The molecule has 1 fully saturated rings. The van der Waals surface area contributed by atoms with Crippen molar-refractivity contribution in [2.24, 2.45) is 0 Å². The molecular formula is C33H31F4N9O4S. The quantitative estimate of drug-likeness (QED) is 0.240. The van der Waals surface area contributed by atoms with Crippen LogP contribution in [-0.2, 0) is 22.9 Å². The van der Waals surface area contributed by atoms with Gasteiger partial charge in [0, 0.05) is 29.8 Å². The van der Waals surface area contributed by atoms with E-state index < -0.39 is 52.6 Å². The number of benzene rings is 1. The lowest BCUT2D eigenvalue weighted by Crippen LogP contribution is -2.46. The molecule has 5 heterocycles. The molecule has 2 aliphatic rings. The van der Waals surface area contributed by atoms with Crippen molar-refractivity contribution in [1.29, 1.82) is 0 Å². The number of nitrogens with zero attached hydrogens (tertiary/aromatic N) is 8. The van der Waals surface area contributed by atoms with E-state index in [4.69, 9.17) is 0 Å². The Kier molecular flexibility index (Phi) is 8.19. The summed E-state index contributed by atoms with van der Waals surface area (Å²) in [7, 11) is 0. The fourth-order valence-electron chi connectivity index (χ4n) is 7.35. The summed E-state index contributed by atoms with van der Waals surface area (Å²) in [5.74, 6) is -2.75. The summed E-state index contributed by atoms with van der Waals surface area (Å²) in [6.45, 7) is 7.14. The van der Waals surface area contributed by atoms with Gasteiger partial charge >= 0.3 is 6.18 Å². The third-order valence-corrected chi connectivity index (χ3v) is 10.7. The van der Waals surface area contributed by atoms with Crippen molar-refractivity contribution in [2.45, 2.75) is 71.0 Å². The molecule has 1 saturated heterocycles. The number of likely N-dealkylation sites (tertiary alicyclic amines) is 1. The Hall–Kier alpha value is -5.26.